The molecule has 0 aromatic heterocycles. The molecule has 4 atom stereocenters. The van der Waals surface area contributed by atoms with Crippen LogP contribution in [0.5, 0.6) is 0 Å². The molecule has 1 aliphatic heterocycles. The Morgan fingerprint density at radius 1 is 1.30 bits per heavy atom. The number of rotatable bonds is 3. The fraction of sp³-hybridized carbons (Fsp3) is 0.857. The zero-order chi connectivity index (χ0) is 14.7. The fourth-order valence-electron chi connectivity index (χ4n) is 2.97. The predicted molar refractivity (Wildman–Crippen MR) is 73.5 cm³/mol. The van der Waals surface area contributed by atoms with Crippen molar-refractivity contribution >= 4 is 12.0 Å². The number of carboxylic acid groups (broad SMARTS) is 1. The third-order valence-electron chi connectivity index (χ3n) is 4.48. The first kappa shape index (κ1) is 15.1. The molecule has 2 fully saturated rings. The van der Waals surface area contributed by atoms with Crippen LogP contribution in [0.2, 0.25) is 0 Å². The molecule has 114 valence electrons. The largest absolute Gasteiger partial charge is 0.481 e. The van der Waals surface area contributed by atoms with Gasteiger partial charge in [-0.25, -0.2) is 4.79 Å². The van der Waals surface area contributed by atoms with Crippen molar-refractivity contribution in [3.8, 4) is 0 Å². The normalized spacial score (nSPS) is 29.2. The van der Waals surface area contributed by atoms with Crippen LogP contribution in [0.15, 0.2) is 0 Å². The number of amides is 2. The average Bonchev–Trinajstić information content (AvgIpc) is 2.45. The molecule has 2 aliphatic rings. The Balaban J connectivity index is 1.95. The second-order valence-electron chi connectivity index (χ2n) is 5.82. The summed E-state index contributed by atoms with van der Waals surface area (Å²) >= 11 is 0. The highest BCUT2D eigenvalue weighted by atomic mass is 16.5. The summed E-state index contributed by atoms with van der Waals surface area (Å²) in [5.41, 5.74) is 0. The fourth-order valence-corrected chi connectivity index (χ4v) is 2.97. The molecule has 2 amide bonds. The minimum Gasteiger partial charge on any atom is -0.481 e. The highest BCUT2D eigenvalue weighted by Gasteiger charge is 2.37. The van der Waals surface area contributed by atoms with Crippen LogP contribution in [0, 0.1) is 5.92 Å². The van der Waals surface area contributed by atoms with Crippen molar-refractivity contribution in [3.63, 3.8) is 0 Å². The first-order valence-electron chi connectivity index (χ1n) is 7.42. The number of fused-ring (bicyclic) bond motifs is 1. The zero-order valence-electron chi connectivity index (χ0n) is 12.2. The predicted octanol–water partition coefficient (Wildman–Crippen LogP) is 1.45. The van der Waals surface area contributed by atoms with Gasteiger partial charge in [-0.15, -0.1) is 0 Å². The molecule has 0 radical (unpaired) electrons. The molecule has 1 heterocycles. The number of nitrogens with one attached hydrogen (secondary N) is 1. The Morgan fingerprint density at radius 2 is 2.00 bits per heavy atom. The lowest BCUT2D eigenvalue weighted by Gasteiger charge is -2.44. The van der Waals surface area contributed by atoms with Gasteiger partial charge in [0.25, 0.3) is 0 Å². The van der Waals surface area contributed by atoms with Gasteiger partial charge in [0.05, 0.1) is 24.7 Å². The first-order chi connectivity index (χ1) is 9.50. The van der Waals surface area contributed by atoms with Crippen LogP contribution in [0.1, 0.15) is 39.5 Å². The molecule has 1 saturated carbocycles. The van der Waals surface area contributed by atoms with E-state index in [1.54, 1.807) is 13.8 Å². The van der Waals surface area contributed by atoms with Crippen molar-refractivity contribution in [2.24, 2.45) is 5.92 Å². The van der Waals surface area contributed by atoms with Crippen LogP contribution in [-0.4, -0.2) is 53.3 Å². The van der Waals surface area contributed by atoms with Crippen molar-refractivity contribution in [2.45, 2.75) is 57.7 Å². The SMILES string of the molecule is CC(NC(=O)N1CCOC2CCCCC21)C(C)C(=O)O. The monoisotopic (exact) mass is 284 g/mol. The minimum absolute atomic E-state index is 0.143. The first-order valence-corrected chi connectivity index (χ1v) is 7.42. The number of hydrogen-bond donors (Lipinski definition) is 2. The minimum atomic E-state index is -0.893. The van der Waals surface area contributed by atoms with Crippen LogP contribution >= 0.6 is 0 Å². The van der Waals surface area contributed by atoms with Gasteiger partial charge in [0.15, 0.2) is 0 Å². The van der Waals surface area contributed by atoms with Crippen LogP contribution in [0.4, 0.5) is 4.79 Å². The molecule has 0 bridgehead atoms. The number of urea groups is 1. The molecular weight excluding hydrogens is 260 g/mol. The number of ether oxygens (including phenoxy) is 1. The number of carbonyl (C=O) groups is 2. The maximum atomic E-state index is 12.4. The van der Waals surface area contributed by atoms with Gasteiger partial charge in [0.2, 0.25) is 0 Å². The Labute approximate surface area is 119 Å². The molecule has 0 aromatic rings. The van der Waals surface area contributed by atoms with Gasteiger partial charge in [0.1, 0.15) is 0 Å². The van der Waals surface area contributed by atoms with E-state index in [0.717, 1.165) is 25.7 Å². The lowest BCUT2D eigenvalue weighted by Crippen LogP contribution is -2.59. The molecule has 6 nitrogen and oxygen atoms in total. The second-order valence-corrected chi connectivity index (χ2v) is 5.82. The molecule has 2 N–H and O–H groups in total. The van der Waals surface area contributed by atoms with E-state index in [-0.39, 0.29) is 24.2 Å². The van der Waals surface area contributed by atoms with Crippen LogP contribution < -0.4 is 5.32 Å². The lowest BCUT2D eigenvalue weighted by molar-refractivity contribution is -0.141. The van der Waals surface area contributed by atoms with E-state index in [1.807, 2.05) is 4.90 Å². The quantitative estimate of drug-likeness (QED) is 0.822. The van der Waals surface area contributed by atoms with E-state index in [1.165, 1.54) is 0 Å². The molecule has 6 heteroatoms. The van der Waals surface area contributed by atoms with Crippen LogP contribution in [-0.2, 0) is 9.53 Å². The Bertz CT molecular complexity index is 372. The van der Waals surface area contributed by atoms with Gasteiger partial charge < -0.3 is 20.1 Å². The Kier molecular flexibility index (Phi) is 4.86. The van der Waals surface area contributed by atoms with E-state index >= 15 is 0 Å². The van der Waals surface area contributed by atoms with Gasteiger partial charge in [-0.05, 0) is 26.7 Å². The maximum Gasteiger partial charge on any atom is 0.318 e. The van der Waals surface area contributed by atoms with Crippen molar-refractivity contribution in [2.75, 3.05) is 13.2 Å². The van der Waals surface area contributed by atoms with E-state index in [0.29, 0.717) is 13.2 Å². The van der Waals surface area contributed by atoms with Crippen LogP contribution in [0.3, 0.4) is 0 Å². The van der Waals surface area contributed by atoms with Crippen LogP contribution in [0.25, 0.3) is 0 Å². The number of morpholine rings is 1. The van der Waals surface area contributed by atoms with E-state index in [4.69, 9.17) is 9.84 Å². The summed E-state index contributed by atoms with van der Waals surface area (Å²) in [6.45, 7) is 4.49. The summed E-state index contributed by atoms with van der Waals surface area (Å²) in [6, 6.07) is -0.402. The number of aliphatic carboxylic acids is 1. The van der Waals surface area contributed by atoms with Gasteiger partial charge in [-0.3, -0.25) is 4.79 Å². The third kappa shape index (κ3) is 3.23. The van der Waals surface area contributed by atoms with E-state index in [2.05, 4.69) is 5.32 Å². The number of nitrogens with zero attached hydrogens (tertiary/aromatic N) is 1. The summed E-state index contributed by atoms with van der Waals surface area (Å²) in [5, 5.41) is 11.8. The molecule has 20 heavy (non-hydrogen) atoms. The lowest BCUT2D eigenvalue weighted by atomic mass is 9.90. The van der Waals surface area contributed by atoms with Gasteiger partial charge in [0, 0.05) is 12.6 Å². The Morgan fingerprint density at radius 3 is 2.70 bits per heavy atom. The average molecular weight is 284 g/mol. The van der Waals surface area contributed by atoms with Crippen molar-refractivity contribution in [3.05, 3.63) is 0 Å². The van der Waals surface area contributed by atoms with E-state index < -0.39 is 11.9 Å². The van der Waals surface area contributed by atoms with Crippen molar-refractivity contribution < 1.29 is 19.4 Å². The van der Waals surface area contributed by atoms with E-state index in [9.17, 15) is 9.59 Å². The summed E-state index contributed by atoms with van der Waals surface area (Å²) in [7, 11) is 0. The molecule has 2 rings (SSSR count). The second kappa shape index (κ2) is 6.43. The highest BCUT2D eigenvalue weighted by molar-refractivity contribution is 5.77. The highest BCUT2D eigenvalue weighted by Crippen LogP contribution is 2.28. The van der Waals surface area contributed by atoms with Gasteiger partial charge in [-0.2, -0.15) is 0 Å². The topological polar surface area (TPSA) is 78.9 Å². The molecule has 0 aromatic carbocycles. The standard InChI is InChI=1S/C14H24N2O4/c1-9(13(17)18)10(2)15-14(19)16-7-8-20-12-6-4-3-5-11(12)16/h9-12H,3-8H2,1-2H3,(H,15,19)(H,17,18). The molecule has 4 unspecified atom stereocenters. The summed E-state index contributed by atoms with van der Waals surface area (Å²) in [6.07, 6.45) is 4.41. The van der Waals surface area contributed by atoms with Gasteiger partial charge in [-0.1, -0.05) is 12.8 Å². The molecule has 0 spiro atoms. The number of carboxylic acids is 1. The number of hydrogen-bond acceptors (Lipinski definition) is 3. The third-order valence-corrected chi connectivity index (χ3v) is 4.48. The Hall–Kier alpha value is -1.30. The van der Waals surface area contributed by atoms with Crippen molar-refractivity contribution in [1.82, 2.24) is 10.2 Å². The molecule has 1 saturated heterocycles. The smallest absolute Gasteiger partial charge is 0.318 e. The maximum absolute atomic E-state index is 12.4. The van der Waals surface area contributed by atoms with Crippen molar-refractivity contribution in [1.29, 1.82) is 0 Å². The number of carbonyl (C=O) groups excluding carboxylic acids is 1. The molecule has 1 aliphatic carbocycles. The summed E-state index contributed by atoms with van der Waals surface area (Å²) < 4.78 is 5.74. The van der Waals surface area contributed by atoms with Gasteiger partial charge >= 0.3 is 12.0 Å². The molecular formula is C14H24N2O4. The summed E-state index contributed by atoms with van der Waals surface area (Å²) in [4.78, 5) is 25.1. The summed E-state index contributed by atoms with van der Waals surface area (Å²) in [5.74, 6) is -1.49. The zero-order valence-corrected chi connectivity index (χ0v) is 12.2.